The molecule has 0 radical (unpaired) electrons. The summed E-state index contributed by atoms with van der Waals surface area (Å²) >= 11 is 0. The number of pyridine rings is 1. The van der Waals surface area contributed by atoms with Gasteiger partial charge in [-0.25, -0.2) is 0 Å². The number of ether oxygens (including phenoxy) is 1. The molecule has 1 aromatic heterocycles. The average molecular weight is 257 g/mol. The topological polar surface area (TPSA) is 60.2 Å². The molecule has 2 unspecified atom stereocenters. The summed E-state index contributed by atoms with van der Waals surface area (Å²) in [5.41, 5.74) is 8.87. The number of fused-ring (bicyclic) bond motifs is 1. The van der Waals surface area contributed by atoms with Crippen molar-refractivity contribution < 1.29 is 4.74 Å². The second-order valence-corrected chi connectivity index (χ2v) is 5.08. The molecule has 100 valence electrons. The lowest BCUT2D eigenvalue weighted by Crippen LogP contribution is -2.30. The Morgan fingerprint density at radius 1 is 1.42 bits per heavy atom. The SMILES string of the molecule is CC(Nc1ccc2ncccc2c1N)C1CCCO1. The monoisotopic (exact) mass is 257 g/mol. The highest BCUT2D eigenvalue weighted by atomic mass is 16.5. The van der Waals surface area contributed by atoms with Crippen LogP contribution in [0.25, 0.3) is 10.9 Å². The molecule has 1 saturated heterocycles. The van der Waals surface area contributed by atoms with Crippen molar-refractivity contribution in [2.45, 2.75) is 31.9 Å². The van der Waals surface area contributed by atoms with Gasteiger partial charge in [0.2, 0.25) is 0 Å². The van der Waals surface area contributed by atoms with Gasteiger partial charge in [-0.05, 0) is 44.0 Å². The van der Waals surface area contributed by atoms with Crippen molar-refractivity contribution in [1.82, 2.24) is 4.98 Å². The Morgan fingerprint density at radius 3 is 3.11 bits per heavy atom. The summed E-state index contributed by atoms with van der Waals surface area (Å²) in [7, 11) is 0. The maximum atomic E-state index is 6.22. The van der Waals surface area contributed by atoms with Crippen LogP contribution in [0.2, 0.25) is 0 Å². The molecule has 3 rings (SSSR count). The van der Waals surface area contributed by atoms with Crippen molar-refractivity contribution in [2.75, 3.05) is 17.7 Å². The minimum Gasteiger partial charge on any atom is -0.397 e. The first-order valence-corrected chi connectivity index (χ1v) is 6.77. The smallest absolute Gasteiger partial charge is 0.0774 e. The van der Waals surface area contributed by atoms with Crippen molar-refractivity contribution >= 4 is 22.3 Å². The van der Waals surface area contributed by atoms with Crippen LogP contribution >= 0.6 is 0 Å². The normalized spacial score (nSPS) is 20.6. The fraction of sp³-hybridized carbons (Fsp3) is 0.400. The third-order valence-electron chi connectivity index (χ3n) is 3.73. The number of rotatable bonds is 3. The van der Waals surface area contributed by atoms with Crippen LogP contribution in [0.4, 0.5) is 11.4 Å². The molecule has 3 N–H and O–H groups in total. The van der Waals surface area contributed by atoms with Gasteiger partial charge in [0.15, 0.2) is 0 Å². The number of aromatic nitrogens is 1. The predicted octanol–water partition coefficient (Wildman–Crippen LogP) is 2.80. The molecule has 0 spiro atoms. The van der Waals surface area contributed by atoms with Gasteiger partial charge in [-0.15, -0.1) is 0 Å². The second kappa shape index (κ2) is 5.05. The molecule has 0 bridgehead atoms. The van der Waals surface area contributed by atoms with Gasteiger partial charge in [0.05, 0.1) is 23.0 Å². The highest BCUT2D eigenvalue weighted by molar-refractivity contribution is 5.96. The van der Waals surface area contributed by atoms with Crippen molar-refractivity contribution in [1.29, 1.82) is 0 Å². The molecule has 1 aliphatic heterocycles. The summed E-state index contributed by atoms with van der Waals surface area (Å²) in [6, 6.07) is 8.16. The molecule has 1 aliphatic rings. The fourth-order valence-electron chi connectivity index (χ4n) is 2.64. The number of benzene rings is 1. The number of nitrogens with zero attached hydrogens (tertiary/aromatic N) is 1. The van der Waals surface area contributed by atoms with Gasteiger partial charge < -0.3 is 15.8 Å². The van der Waals surface area contributed by atoms with Crippen LogP contribution in [0, 0.1) is 0 Å². The Labute approximate surface area is 113 Å². The van der Waals surface area contributed by atoms with Gasteiger partial charge in [0.25, 0.3) is 0 Å². The maximum absolute atomic E-state index is 6.22. The summed E-state index contributed by atoms with van der Waals surface area (Å²) in [4.78, 5) is 4.31. The molecular formula is C15H19N3O. The summed E-state index contributed by atoms with van der Waals surface area (Å²) in [5, 5.41) is 4.46. The molecule has 19 heavy (non-hydrogen) atoms. The number of hydrogen-bond donors (Lipinski definition) is 2. The van der Waals surface area contributed by atoms with Gasteiger partial charge in [0, 0.05) is 24.2 Å². The molecule has 0 saturated carbocycles. The summed E-state index contributed by atoms with van der Waals surface area (Å²) in [6.45, 7) is 3.01. The lowest BCUT2D eigenvalue weighted by molar-refractivity contribution is 0.0997. The number of nitrogens with two attached hydrogens (primary N) is 1. The van der Waals surface area contributed by atoms with Crippen LogP contribution in [-0.4, -0.2) is 23.7 Å². The summed E-state index contributed by atoms with van der Waals surface area (Å²) in [6.07, 6.45) is 4.32. The van der Waals surface area contributed by atoms with Crippen molar-refractivity contribution in [2.24, 2.45) is 0 Å². The van der Waals surface area contributed by atoms with Gasteiger partial charge in [-0.2, -0.15) is 0 Å². The van der Waals surface area contributed by atoms with E-state index in [9.17, 15) is 0 Å². The van der Waals surface area contributed by atoms with E-state index in [4.69, 9.17) is 10.5 Å². The maximum Gasteiger partial charge on any atom is 0.0774 e. The standard InChI is InChI=1S/C15H19N3O/c1-10(14-5-3-9-19-14)18-13-7-6-12-11(15(13)16)4-2-8-17-12/h2,4,6-8,10,14,18H,3,5,9,16H2,1H3. The molecule has 2 atom stereocenters. The van der Waals surface area contributed by atoms with Gasteiger partial charge in [-0.1, -0.05) is 0 Å². The first kappa shape index (κ1) is 12.2. The molecule has 4 heteroatoms. The average Bonchev–Trinajstić information content (AvgIpc) is 2.96. The predicted molar refractivity (Wildman–Crippen MR) is 78.2 cm³/mol. The number of hydrogen-bond acceptors (Lipinski definition) is 4. The van der Waals surface area contributed by atoms with Crippen LogP contribution in [0.3, 0.4) is 0 Å². The van der Waals surface area contributed by atoms with Crippen LogP contribution in [0.15, 0.2) is 30.5 Å². The van der Waals surface area contributed by atoms with E-state index < -0.39 is 0 Å². The van der Waals surface area contributed by atoms with E-state index in [-0.39, 0.29) is 12.1 Å². The number of nitrogens with one attached hydrogen (secondary N) is 1. The Morgan fingerprint density at radius 2 is 2.32 bits per heavy atom. The van der Waals surface area contributed by atoms with Crippen LogP contribution in [0.5, 0.6) is 0 Å². The third kappa shape index (κ3) is 2.36. The van der Waals surface area contributed by atoms with Crippen LogP contribution in [0.1, 0.15) is 19.8 Å². The van der Waals surface area contributed by atoms with Gasteiger partial charge >= 0.3 is 0 Å². The Kier molecular flexibility index (Phi) is 3.25. The highest BCUT2D eigenvalue weighted by Gasteiger charge is 2.22. The fourth-order valence-corrected chi connectivity index (χ4v) is 2.64. The van der Waals surface area contributed by atoms with Crippen molar-refractivity contribution in [3.63, 3.8) is 0 Å². The molecule has 0 aliphatic carbocycles. The number of nitrogen functional groups attached to an aromatic ring is 1. The minimum absolute atomic E-state index is 0.263. The van der Waals surface area contributed by atoms with E-state index in [1.807, 2.05) is 24.3 Å². The number of anilines is 2. The molecule has 0 amide bonds. The zero-order valence-corrected chi connectivity index (χ0v) is 11.1. The quantitative estimate of drug-likeness (QED) is 0.830. The van der Waals surface area contributed by atoms with E-state index in [0.717, 1.165) is 41.7 Å². The first-order valence-electron chi connectivity index (χ1n) is 6.77. The van der Waals surface area contributed by atoms with E-state index in [0.29, 0.717) is 0 Å². The van der Waals surface area contributed by atoms with Crippen molar-refractivity contribution in [3.8, 4) is 0 Å². The first-order chi connectivity index (χ1) is 9.25. The van der Waals surface area contributed by atoms with Gasteiger partial charge in [-0.3, -0.25) is 4.98 Å². The lowest BCUT2D eigenvalue weighted by Gasteiger charge is -2.22. The van der Waals surface area contributed by atoms with E-state index in [1.165, 1.54) is 0 Å². The van der Waals surface area contributed by atoms with E-state index >= 15 is 0 Å². The molecule has 4 nitrogen and oxygen atoms in total. The Balaban J connectivity index is 1.86. The van der Waals surface area contributed by atoms with E-state index in [2.05, 4.69) is 17.2 Å². The molecule has 2 heterocycles. The van der Waals surface area contributed by atoms with Crippen molar-refractivity contribution in [3.05, 3.63) is 30.5 Å². The molecule has 1 aromatic carbocycles. The molecular weight excluding hydrogens is 238 g/mol. The lowest BCUT2D eigenvalue weighted by atomic mass is 10.1. The largest absolute Gasteiger partial charge is 0.397 e. The molecule has 1 fully saturated rings. The zero-order valence-electron chi connectivity index (χ0n) is 11.1. The van der Waals surface area contributed by atoms with Crippen LogP contribution < -0.4 is 11.1 Å². The highest BCUT2D eigenvalue weighted by Crippen LogP contribution is 2.29. The third-order valence-corrected chi connectivity index (χ3v) is 3.73. The summed E-state index contributed by atoms with van der Waals surface area (Å²) in [5.74, 6) is 0. The summed E-state index contributed by atoms with van der Waals surface area (Å²) < 4.78 is 5.70. The van der Waals surface area contributed by atoms with Gasteiger partial charge in [0.1, 0.15) is 0 Å². The second-order valence-electron chi connectivity index (χ2n) is 5.08. The zero-order chi connectivity index (χ0) is 13.2. The minimum atomic E-state index is 0.263. The Bertz CT molecular complexity index is 579. The van der Waals surface area contributed by atoms with Crippen LogP contribution in [-0.2, 0) is 4.74 Å². The van der Waals surface area contributed by atoms with E-state index in [1.54, 1.807) is 6.20 Å². The Hall–Kier alpha value is -1.81. The molecule has 2 aromatic rings.